The minimum Gasteiger partial charge on any atom is -0.347 e. The van der Waals surface area contributed by atoms with Gasteiger partial charge in [-0.2, -0.15) is 0 Å². The molecule has 0 atom stereocenters. The van der Waals surface area contributed by atoms with Gasteiger partial charge in [-0.05, 0) is 24.3 Å². The molecule has 0 unspecified atom stereocenters. The van der Waals surface area contributed by atoms with Gasteiger partial charge in [0.25, 0.3) is 11.8 Å². The zero-order valence-electron chi connectivity index (χ0n) is 12.0. The van der Waals surface area contributed by atoms with Crippen LogP contribution in [0.4, 0.5) is 5.69 Å². The van der Waals surface area contributed by atoms with Crippen molar-refractivity contribution in [1.82, 2.24) is 10.3 Å². The van der Waals surface area contributed by atoms with Gasteiger partial charge < -0.3 is 10.6 Å². The molecule has 0 aliphatic carbocycles. The topological polar surface area (TPSA) is 71.1 Å². The number of pyridine rings is 1. The Hall–Kier alpha value is -2.37. The number of carbonyl (C=O) groups excluding carboxylic acids is 2. The van der Waals surface area contributed by atoms with Gasteiger partial charge in [-0.3, -0.25) is 9.59 Å². The number of anilines is 1. The van der Waals surface area contributed by atoms with E-state index in [0.29, 0.717) is 22.3 Å². The predicted octanol–water partition coefficient (Wildman–Crippen LogP) is 3.56. The molecular weight excluding hydrogens is 337 g/mol. The highest BCUT2D eigenvalue weighted by Crippen LogP contribution is 2.30. The van der Waals surface area contributed by atoms with Crippen LogP contribution in [0.15, 0.2) is 49.1 Å². The number of hydrogen-bond donors (Lipinski definition) is 2. The summed E-state index contributed by atoms with van der Waals surface area (Å²) < 4.78 is 0. The fourth-order valence-corrected chi connectivity index (χ4v) is 2.23. The Morgan fingerprint density at radius 2 is 1.61 bits per heavy atom. The first kappa shape index (κ1) is 17.0. The van der Waals surface area contributed by atoms with Crippen LogP contribution in [0.3, 0.4) is 0 Å². The third-order valence-corrected chi connectivity index (χ3v) is 3.45. The van der Waals surface area contributed by atoms with Gasteiger partial charge >= 0.3 is 0 Å². The van der Waals surface area contributed by atoms with Crippen LogP contribution in [0.2, 0.25) is 10.0 Å². The van der Waals surface area contributed by atoms with E-state index in [2.05, 4.69) is 22.2 Å². The molecule has 0 fully saturated rings. The lowest BCUT2D eigenvalue weighted by molar-refractivity contribution is 0.0953. The number of nitrogens with one attached hydrogen (secondary N) is 2. The van der Waals surface area contributed by atoms with Crippen LogP contribution in [0.5, 0.6) is 0 Å². The number of nitrogens with zero attached hydrogens (tertiary/aromatic N) is 1. The lowest BCUT2D eigenvalue weighted by Crippen LogP contribution is -2.25. The van der Waals surface area contributed by atoms with E-state index in [4.69, 9.17) is 23.2 Å². The van der Waals surface area contributed by atoms with E-state index in [9.17, 15) is 9.59 Å². The minimum absolute atomic E-state index is 0.0761. The highest BCUT2D eigenvalue weighted by molar-refractivity contribution is 6.40. The molecule has 0 spiro atoms. The van der Waals surface area contributed by atoms with Crippen LogP contribution in [0, 0.1) is 0 Å². The van der Waals surface area contributed by atoms with Gasteiger partial charge in [0.1, 0.15) is 11.4 Å². The zero-order valence-corrected chi connectivity index (χ0v) is 13.5. The Bertz CT molecular complexity index is 742. The second kappa shape index (κ2) is 7.76. The Labute approximate surface area is 143 Å². The number of para-hydroxylation sites is 1. The lowest BCUT2D eigenvalue weighted by atomic mass is 10.2. The zero-order chi connectivity index (χ0) is 16.8. The fraction of sp³-hybridized carbons (Fsp3) is 0.0625. The summed E-state index contributed by atoms with van der Waals surface area (Å²) in [6.45, 7) is 3.82. The van der Waals surface area contributed by atoms with E-state index >= 15 is 0 Å². The van der Waals surface area contributed by atoms with E-state index in [1.54, 1.807) is 30.3 Å². The van der Waals surface area contributed by atoms with E-state index in [0.717, 1.165) is 0 Å². The first-order valence-corrected chi connectivity index (χ1v) is 7.40. The standard InChI is InChI=1S/C16H13Cl2N3O2/c1-2-9-19-15(22)12-7-4-8-13(20-12)16(23)21-14-10(17)5-3-6-11(14)18/h2-8H,1,9H2,(H,19,22)(H,21,23). The lowest BCUT2D eigenvalue weighted by Gasteiger charge is -2.09. The van der Waals surface area contributed by atoms with Crippen molar-refractivity contribution < 1.29 is 9.59 Å². The number of halogens is 2. The predicted molar refractivity (Wildman–Crippen MR) is 91.2 cm³/mol. The van der Waals surface area contributed by atoms with Crippen LogP contribution in [-0.4, -0.2) is 23.3 Å². The van der Waals surface area contributed by atoms with Crippen molar-refractivity contribution in [2.75, 3.05) is 11.9 Å². The van der Waals surface area contributed by atoms with Crippen molar-refractivity contribution >= 4 is 40.7 Å². The average Bonchev–Trinajstić information content (AvgIpc) is 2.56. The van der Waals surface area contributed by atoms with Crippen molar-refractivity contribution in [3.63, 3.8) is 0 Å². The molecule has 0 radical (unpaired) electrons. The molecule has 118 valence electrons. The summed E-state index contributed by atoms with van der Waals surface area (Å²) in [5.74, 6) is -0.909. The SMILES string of the molecule is C=CCNC(=O)c1cccc(C(=O)Nc2c(Cl)cccc2Cl)n1. The molecule has 1 aromatic carbocycles. The van der Waals surface area contributed by atoms with E-state index in [-0.39, 0.29) is 11.4 Å². The minimum atomic E-state index is -0.515. The van der Waals surface area contributed by atoms with E-state index in [1.165, 1.54) is 12.1 Å². The first-order chi connectivity index (χ1) is 11.0. The highest BCUT2D eigenvalue weighted by Gasteiger charge is 2.14. The largest absolute Gasteiger partial charge is 0.347 e. The van der Waals surface area contributed by atoms with Gasteiger partial charge in [-0.25, -0.2) is 4.98 Å². The Balaban J connectivity index is 2.20. The molecule has 2 rings (SSSR count). The van der Waals surface area contributed by atoms with Gasteiger partial charge in [0, 0.05) is 6.54 Å². The molecule has 1 heterocycles. The molecule has 0 bridgehead atoms. The van der Waals surface area contributed by atoms with E-state index < -0.39 is 11.8 Å². The number of rotatable bonds is 5. The normalized spacial score (nSPS) is 10.0. The molecule has 2 N–H and O–H groups in total. The van der Waals surface area contributed by atoms with Crippen LogP contribution >= 0.6 is 23.2 Å². The molecule has 23 heavy (non-hydrogen) atoms. The van der Waals surface area contributed by atoms with Gasteiger partial charge in [0.15, 0.2) is 0 Å². The molecule has 0 saturated carbocycles. The third-order valence-electron chi connectivity index (χ3n) is 2.82. The Morgan fingerprint density at radius 1 is 1.04 bits per heavy atom. The number of benzene rings is 1. The van der Waals surface area contributed by atoms with Crippen molar-refractivity contribution in [3.8, 4) is 0 Å². The van der Waals surface area contributed by atoms with Gasteiger partial charge in [0.05, 0.1) is 15.7 Å². The van der Waals surface area contributed by atoms with Gasteiger partial charge in [-0.15, -0.1) is 6.58 Å². The first-order valence-electron chi connectivity index (χ1n) is 6.64. The number of amides is 2. The Kier molecular flexibility index (Phi) is 5.73. The molecule has 0 aliphatic heterocycles. The van der Waals surface area contributed by atoms with Crippen molar-refractivity contribution in [2.45, 2.75) is 0 Å². The van der Waals surface area contributed by atoms with Crippen LogP contribution in [0.1, 0.15) is 21.0 Å². The maximum atomic E-state index is 12.3. The number of hydrogen-bond acceptors (Lipinski definition) is 3. The monoisotopic (exact) mass is 349 g/mol. The summed E-state index contributed by atoms with van der Waals surface area (Å²) in [5, 5.41) is 5.80. The average molecular weight is 350 g/mol. The van der Waals surface area contributed by atoms with Crippen LogP contribution in [0.25, 0.3) is 0 Å². The van der Waals surface area contributed by atoms with Crippen molar-refractivity contribution in [3.05, 3.63) is 70.5 Å². The van der Waals surface area contributed by atoms with Crippen molar-refractivity contribution in [1.29, 1.82) is 0 Å². The summed E-state index contributed by atoms with van der Waals surface area (Å²) in [5.41, 5.74) is 0.501. The second-order valence-electron chi connectivity index (χ2n) is 4.46. The van der Waals surface area contributed by atoms with Gasteiger partial charge in [0.2, 0.25) is 0 Å². The number of carbonyl (C=O) groups is 2. The summed E-state index contributed by atoms with van der Waals surface area (Å²) >= 11 is 12.0. The van der Waals surface area contributed by atoms with Crippen molar-refractivity contribution in [2.24, 2.45) is 0 Å². The summed E-state index contributed by atoms with van der Waals surface area (Å²) in [4.78, 5) is 28.2. The summed E-state index contributed by atoms with van der Waals surface area (Å²) in [7, 11) is 0. The van der Waals surface area contributed by atoms with Crippen LogP contribution in [-0.2, 0) is 0 Å². The number of aromatic nitrogens is 1. The fourth-order valence-electron chi connectivity index (χ4n) is 1.74. The molecule has 0 saturated heterocycles. The Morgan fingerprint density at radius 3 is 2.22 bits per heavy atom. The molecule has 5 nitrogen and oxygen atoms in total. The second-order valence-corrected chi connectivity index (χ2v) is 5.27. The summed E-state index contributed by atoms with van der Waals surface area (Å²) in [6, 6.07) is 9.45. The molecule has 2 amide bonds. The molecule has 1 aromatic heterocycles. The quantitative estimate of drug-likeness (QED) is 0.810. The highest BCUT2D eigenvalue weighted by atomic mass is 35.5. The summed E-state index contributed by atoms with van der Waals surface area (Å²) in [6.07, 6.45) is 1.55. The van der Waals surface area contributed by atoms with Gasteiger partial charge in [-0.1, -0.05) is 41.4 Å². The molecule has 2 aromatic rings. The molecule has 0 aliphatic rings. The van der Waals surface area contributed by atoms with E-state index in [1.807, 2.05) is 0 Å². The molecular formula is C16H13Cl2N3O2. The smallest absolute Gasteiger partial charge is 0.274 e. The third kappa shape index (κ3) is 4.31. The maximum absolute atomic E-state index is 12.3. The van der Waals surface area contributed by atoms with Crippen LogP contribution < -0.4 is 10.6 Å². The molecule has 7 heteroatoms. The maximum Gasteiger partial charge on any atom is 0.274 e.